The Balaban J connectivity index is 2.27. The second-order valence-corrected chi connectivity index (χ2v) is 5.60. The standard InChI is InChI=1S/C13H17N3OS/c1-10(17)16(9-8-15(2)3)13-14-11-6-4-5-7-12(11)18-13/h4-7H,8-9H2,1-3H3/p+1. The number of benzene rings is 1. The minimum absolute atomic E-state index is 0.0512. The summed E-state index contributed by atoms with van der Waals surface area (Å²) in [6.45, 7) is 3.21. The fraction of sp³-hybridized carbons (Fsp3) is 0.385. The van der Waals surface area contributed by atoms with Crippen molar-refractivity contribution >= 4 is 32.6 Å². The molecule has 1 aromatic heterocycles. The summed E-state index contributed by atoms with van der Waals surface area (Å²) in [7, 11) is 4.16. The highest BCUT2D eigenvalue weighted by molar-refractivity contribution is 7.22. The maximum Gasteiger partial charge on any atom is 0.225 e. The monoisotopic (exact) mass is 264 g/mol. The Kier molecular flexibility index (Phi) is 3.93. The van der Waals surface area contributed by atoms with E-state index in [2.05, 4.69) is 19.1 Å². The third kappa shape index (κ3) is 2.86. The molecule has 4 nitrogen and oxygen atoms in total. The van der Waals surface area contributed by atoms with Gasteiger partial charge < -0.3 is 4.90 Å². The van der Waals surface area contributed by atoms with E-state index in [0.29, 0.717) is 6.54 Å². The Morgan fingerprint density at radius 3 is 2.72 bits per heavy atom. The molecule has 96 valence electrons. The van der Waals surface area contributed by atoms with Gasteiger partial charge in [-0.2, -0.15) is 0 Å². The Bertz CT molecular complexity index is 517. The normalized spacial score (nSPS) is 11.1. The van der Waals surface area contributed by atoms with Crippen molar-refractivity contribution in [3.05, 3.63) is 24.3 Å². The van der Waals surface area contributed by atoms with Crippen LogP contribution in [0.2, 0.25) is 0 Å². The van der Waals surface area contributed by atoms with E-state index in [1.165, 1.54) is 4.90 Å². The first-order valence-corrected chi connectivity index (χ1v) is 6.82. The van der Waals surface area contributed by atoms with Crippen molar-refractivity contribution in [1.29, 1.82) is 0 Å². The van der Waals surface area contributed by atoms with Gasteiger partial charge in [-0.15, -0.1) is 0 Å². The van der Waals surface area contributed by atoms with Gasteiger partial charge in [0.1, 0.15) is 0 Å². The molecule has 0 atom stereocenters. The fourth-order valence-corrected chi connectivity index (χ4v) is 2.73. The molecule has 0 saturated carbocycles. The van der Waals surface area contributed by atoms with Crippen LogP contribution < -0.4 is 9.80 Å². The first-order valence-electron chi connectivity index (χ1n) is 6.00. The fourth-order valence-electron chi connectivity index (χ4n) is 1.70. The van der Waals surface area contributed by atoms with E-state index in [1.807, 2.05) is 24.3 Å². The molecular formula is C13H18N3OS+. The summed E-state index contributed by atoms with van der Waals surface area (Å²) in [5, 5.41) is 0.796. The molecule has 1 N–H and O–H groups in total. The van der Waals surface area contributed by atoms with E-state index in [1.54, 1.807) is 23.2 Å². The van der Waals surface area contributed by atoms with Crippen molar-refractivity contribution in [2.24, 2.45) is 0 Å². The molecule has 5 heteroatoms. The molecule has 2 aromatic rings. The lowest BCUT2D eigenvalue weighted by atomic mass is 10.3. The van der Waals surface area contributed by atoms with Gasteiger partial charge in [0.2, 0.25) is 5.91 Å². The maximum atomic E-state index is 11.7. The number of nitrogens with zero attached hydrogens (tertiary/aromatic N) is 2. The van der Waals surface area contributed by atoms with Gasteiger partial charge in [0.15, 0.2) is 5.13 Å². The molecular weight excluding hydrogens is 246 g/mol. The molecule has 0 radical (unpaired) electrons. The van der Waals surface area contributed by atoms with Crippen molar-refractivity contribution in [1.82, 2.24) is 4.98 Å². The van der Waals surface area contributed by atoms with Crippen LogP contribution in [0.4, 0.5) is 5.13 Å². The van der Waals surface area contributed by atoms with E-state index in [0.717, 1.165) is 21.9 Å². The zero-order chi connectivity index (χ0) is 13.1. The van der Waals surface area contributed by atoms with Gasteiger partial charge in [-0.25, -0.2) is 4.98 Å². The first-order chi connectivity index (χ1) is 8.58. The summed E-state index contributed by atoms with van der Waals surface area (Å²) < 4.78 is 1.12. The number of aromatic nitrogens is 1. The quantitative estimate of drug-likeness (QED) is 0.887. The highest BCUT2D eigenvalue weighted by atomic mass is 32.1. The molecule has 1 amide bonds. The largest absolute Gasteiger partial charge is 0.338 e. The van der Waals surface area contributed by atoms with Crippen LogP contribution in [-0.4, -0.2) is 38.1 Å². The molecule has 18 heavy (non-hydrogen) atoms. The van der Waals surface area contributed by atoms with Crippen molar-refractivity contribution in [3.63, 3.8) is 0 Å². The molecule has 0 aliphatic carbocycles. The highest BCUT2D eigenvalue weighted by Gasteiger charge is 2.16. The van der Waals surface area contributed by atoms with Gasteiger partial charge in [-0.1, -0.05) is 23.5 Å². The molecule has 1 heterocycles. The molecule has 0 bridgehead atoms. The summed E-state index contributed by atoms with van der Waals surface area (Å²) in [5.74, 6) is 0.0512. The van der Waals surface area contributed by atoms with Crippen LogP contribution in [0.5, 0.6) is 0 Å². The number of amides is 1. The Morgan fingerprint density at radius 1 is 1.39 bits per heavy atom. The first kappa shape index (κ1) is 13.0. The average molecular weight is 264 g/mol. The number of hydrogen-bond donors (Lipinski definition) is 1. The molecule has 0 saturated heterocycles. The average Bonchev–Trinajstić information content (AvgIpc) is 2.71. The predicted molar refractivity (Wildman–Crippen MR) is 75.3 cm³/mol. The zero-order valence-electron chi connectivity index (χ0n) is 10.9. The summed E-state index contributed by atoms with van der Waals surface area (Å²) in [5.41, 5.74) is 0.959. The third-order valence-electron chi connectivity index (χ3n) is 2.73. The van der Waals surface area contributed by atoms with Crippen LogP contribution >= 0.6 is 11.3 Å². The third-order valence-corrected chi connectivity index (χ3v) is 3.79. The van der Waals surface area contributed by atoms with Crippen molar-refractivity contribution in [2.75, 3.05) is 32.1 Å². The van der Waals surface area contributed by atoms with Gasteiger partial charge in [-0.05, 0) is 12.1 Å². The molecule has 0 spiro atoms. The lowest BCUT2D eigenvalue weighted by Crippen LogP contribution is -3.06. The number of quaternary nitrogens is 1. The lowest BCUT2D eigenvalue weighted by molar-refractivity contribution is -0.856. The Hall–Kier alpha value is -1.46. The number of thiazole rings is 1. The number of para-hydroxylation sites is 1. The molecule has 1 aromatic carbocycles. The number of hydrogen-bond acceptors (Lipinski definition) is 3. The van der Waals surface area contributed by atoms with E-state index >= 15 is 0 Å². The number of carbonyl (C=O) groups excluding carboxylic acids is 1. The number of anilines is 1. The number of carbonyl (C=O) groups is 1. The summed E-state index contributed by atoms with van der Waals surface area (Å²) in [6, 6.07) is 7.97. The minimum Gasteiger partial charge on any atom is -0.338 e. The van der Waals surface area contributed by atoms with Crippen LogP contribution in [0.3, 0.4) is 0 Å². The molecule has 0 aliphatic rings. The van der Waals surface area contributed by atoms with Gasteiger partial charge in [-0.3, -0.25) is 9.69 Å². The smallest absolute Gasteiger partial charge is 0.225 e. The van der Waals surface area contributed by atoms with Gasteiger partial charge in [0.05, 0.1) is 37.4 Å². The summed E-state index contributed by atoms with van der Waals surface area (Å²) >= 11 is 1.57. The van der Waals surface area contributed by atoms with Crippen LogP contribution in [0.25, 0.3) is 10.2 Å². The van der Waals surface area contributed by atoms with E-state index < -0.39 is 0 Å². The topological polar surface area (TPSA) is 37.6 Å². The highest BCUT2D eigenvalue weighted by Crippen LogP contribution is 2.28. The SMILES string of the molecule is CC(=O)N(CC[NH+](C)C)c1nc2ccccc2s1. The second-order valence-electron chi connectivity index (χ2n) is 4.59. The van der Waals surface area contributed by atoms with Crippen molar-refractivity contribution < 1.29 is 9.69 Å². The molecule has 0 aliphatic heterocycles. The van der Waals surface area contributed by atoms with Gasteiger partial charge in [0, 0.05) is 6.92 Å². The maximum absolute atomic E-state index is 11.7. The molecule has 2 rings (SSSR count). The van der Waals surface area contributed by atoms with Gasteiger partial charge >= 0.3 is 0 Å². The summed E-state index contributed by atoms with van der Waals surface area (Å²) in [6.07, 6.45) is 0. The van der Waals surface area contributed by atoms with Crippen LogP contribution in [0.15, 0.2) is 24.3 Å². The van der Waals surface area contributed by atoms with Crippen molar-refractivity contribution in [3.8, 4) is 0 Å². The van der Waals surface area contributed by atoms with Gasteiger partial charge in [0.25, 0.3) is 0 Å². The minimum atomic E-state index is 0.0512. The van der Waals surface area contributed by atoms with Crippen LogP contribution in [-0.2, 0) is 4.79 Å². The van der Waals surface area contributed by atoms with E-state index in [-0.39, 0.29) is 5.91 Å². The van der Waals surface area contributed by atoms with Crippen molar-refractivity contribution in [2.45, 2.75) is 6.92 Å². The number of likely N-dealkylation sites (N-methyl/N-ethyl adjacent to an activating group) is 1. The number of rotatable bonds is 4. The van der Waals surface area contributed by atoms with E-state index in [4.69, 9.17) is 0 Å². The Morgan fingerprint density at radius 2 is 2.11 bits per heavy atom. The molecule has 0 fully saturated rings. The Labute approximate surface area is 111 Å². The number of nitrogens with one attached hydrogen (secondary N) is 1. The van der Waals surface area contributed by atoms with Crippen LogP contribution in [0, 0.1) is 0 Å². The van der Waals surface area contributed by atoms with E-state index in [9.17, 15) is 4.79 Å². The summed E-state index contributed by atoms with van der Waals surface area (Å²) in [4.78, 5) is 19.3. The predicted octanol–water partition coefficient (Wildman–Crippen LogP) is 0.794. The molecule has 0 unspecified atom stereocenters. The zero-order valence-corrected chi connectivity index (χ0v) is 11.8. The number of fused-ring (bicyclic) bond motifs is 1. The second kappa shape index (κ2) is 5.46. The lowest BCUT2D eigenvalue weighted by Gasteiger charge is -2.18. The van der Waals surface area contributed by atoms with Crippen LogP contribution in [0.1, 0.15) is 6.92 Å².